The maximum absolute atomic E-state index is 5.88. The molecule has 1 saturated carbocycles. The second kappa shape index (κ2) is 4.24. The zero-order valence-corrected chi connectivity index (χ0v) is 10.3. The molecule has 1 spiro atoms. The summed E-state index contributed by atoms with van der Waals surface area (Å²) in [5.41, 5.74) is 0.819. The lowest BCUT2D eigenvalue weighted by molar-refractivity contribution is -0.216. The van der Waals surface area contributed by atoms with Crippen LogP contribution in [-0.4, -0.2) is 19.0 Å². The van der Waals surface area contributed by atoms with E-state index in [1.54, 1.807) is 0 Å². The van der Waals surface area contributed by atoms with Crippen LogP contribution in [0.15, 0.2) is 12.2 Å². The average Bonchev–Trinajstić information content (AvgIpc) is 2.74. The molecule has 1 aliphatic carbocycles. The molecule has 0 radical (unpaired) electrons. The Bertz CT molecular complexity index is 341. The van der Waals surface area contributed by atoms with Crippen molar-refractivity contribution in [3.63, 3.8) is 0 Å². The molecule has 2 heteroatoms. The van der Waals surface area contributed by atoms with E-state index in [9.17, 15) is 0 Å². The molecular weight excluding hydrogens is 200 g/mol. The number of hydrogen-bond acceptors (Lipinski definition) is 2. The van der Waals surface area contributed by atoms with E-state index in [2.05, 4.69) is 32.3 Å². The predicted octanol–water partition coefficient (Wildman–Crippen LogP) is 2.89. The molecule has 88 valence electrons. The van der Waals surface area contributed by atoms with Gasteiger partial charge in [0.05, 0.1) is 13.2 Å². The van der Waals surface area contributed by atoms with Crippen molar-refractivity contribution in [2.24, 2.45) is 5.41 Å². The number of ether oxygens (including phenoxy) is 2. The van der Waals surface area contributed by atoms with E-state index >= 15 is 0 Å². The van der Waals surface area contributed by atoms with Crippen LogP contribution in [0.1, 0.15) is 39.5 Å². The summed E-state index contributed by atoms with van der Waals surface area (Å²) in [6.45, 7) is 9.71. The Morgan fingerprint density at radius 1 is 1.38 bits per heavy atom. The average molecular weight is 220 g/mol. The highest BCUT2D eigenvalue weighted by Gasteiger charge is 2.55. The van der Waals surface area contributed by atoms with Crippen LogP contribution < -0.4 is 0 Å². The van der Waals surface area contributed by atoms with Crippen LogP contribution in [0, 0.1) is 17.3 Å². The van der Waals surface area contributed by atoms with Crippen LogP contribution >= 0.6 is 0 Å². The van der Waals surface area contributed by atoms with E-state index in [1.807, 2.05) is 0 Å². The molecule has 0 bridgehead atoms. The number of hydrogen-bond donors (Lipinski definition) is 0. The number of rotatable bonds is 0. The highest BCUT2D eigenvalue weighted by molar-refractivity contribution is 5.32. The molecule has 1 aliphatic heterocycles. The van der Waals surface area contributed by atoms with Gasteiger partial charge in [0.15, 0.2) is 5.79 Å². The van der Waals surface area contributed by atoms with Gasteiger partial charge in [0.1, 0.15) is 5.41 Å². The van der Waals surface area contributed by atoms with Crippen LogP contribution in [0.5, 0.6) is 0 Å². The maximum atomic E-state index is 5.88. The van der Waals surface area contributed by atoms with E-state index in [4.69, 9.17) is 9.47 Å². The van der Waals surface area contributed by atoms with Crippen molar-refractivity contribution in [1.82, 2.24) is 0 Å². The molecule has 2 aliphatic rings. The standard InChI is InChI=1S/C14H20O2/c1-4-5-8-13(3)12(2)7-6-9-14(13)15-10-11-16-14/h2,4,6-7,9-11H2,1,3H3/t13-/m1/s1. The highest BCUT2D eigenvalue weighted by Crippen LogP contribution is 2.51. The Labute approximate surface area is 98.0 Å². The SMILES string of the molecule is C=C1CCCC2(OCCO2)[C@]1(C)C#CCC. The molecule has 0 N–H and O–H groups in total. The predicted molar refractivity (Wildman–Crippen MR) is 63.8 cm³/mol. The topological polar surface area (TPSA) is 18.5 Å². The fraction of sp³-hybridized carbons (Fsp3) is 0.714. The summed E-state index contributed by atoms with van der Waals surface area (Å²) in [5, 5.41) is 0. The van der Waals surface area contributed by atoms with Crippen molar-refractivity contribution >= 4 is 0 Å². The van der Waals surface area contributed by atoms with Gasteiger partial charge in [-0.1, -0.05) is 25.0 Å². The second-order valence-electron chi connectivity index (χ2n) is 4.69. The van der Waals surface area contributed by atoms with E-state index < -0.39 is 5.79 Å². The summed E-state index contributed by atoms with van der Waals surface area (Å²) in [7, 11) is 0. The molecule has 16 heavy (non-hydrogen) atoms. The van der Waals surface area contributed by atoms with Crippen molar-refractivity contribution in [3.8, 4) is 11.8 Å². The lowest BCUT2D eigenvalue weighted by Gasteiger charge is -2.46. The fourth-order valence-electron chi connectivity index (χ4n) is 2.64. The van der Waals surface area contributed by atoms with Gasteiger partial charge in [0.2, 0.25) is 0 Å². The molecular formula is C14H20O2. The maximum Gasteiger partial charge on any atom is 0.188 e. The first-order valence-electron chi connectivity index (χ1n) is 6.11. The molecule has 1 atom stereocenters. The molecule has 0 aromatic carbocycles. The van der Waals surface area contributed by atoms with Gasteiger partial charge in [-0.15, -0.1) is 5.92 Å². The molecule has 2 nitrogen and oxygen atoms in total. The highest BCUT2D eigenvalue weighted by atomic mass is 16.7. The summed E-state index contributed by atoms with van der Waals surface area (Å²) in [5.74, 6) is 5.98. The lowest BCUT2D eigenvalue weighted by Crippen LogP contribution is -2.50. The Morgan fingerprint density at radius 2 is 2.06 bits per heavy atom. The monoisotopic (exact) mass is 220 g/mol. The fourth-order valence-corrected chi connectivity index (χ4v) is 2.64. The van der Waals surface area contributed by atoms with Gasteiger partial charge in [-0.3, -0.25) is 0 Å². The summed E-state index contributed by atoms with van der Waals surface area (Å²) in [6.07, 6.45) is 3.91. The van der Waals surface area contributed by atoms with E-state index in [0.717, 1.165) is 31.3 Å². The van der Waals surface area contributed by atoms with Crippen molar-refractivity contribution in [3.05, 3.63) is 12.2 Å². The van der Waals surface area contributed by atoms with Gasteiger partial charge in [0, 0.05) is 12.8 Å². The minimum absolute atomic E-state index is 0.336. The first-order chi connectivity index (χ1) is 7.65. The van der Waals surface area contributed by atoms with Crippen molar-refractivity contribution < 1.29 is 9.47 Å². The molecule has 0 unspecified atom stereocenters. The molecule has 1 saturated heterocycles. The molecule has 0 aromatic heterocycles. The van der Waals surface area contributed by atoms with Gasteiger partial charge in [-0.2, -0.15) is 0 Å². The largest absolute Gasteiger partial charge is 0.346 e. The molecule has 0 aromatic rings. The summed E-state index contributed by atoms with van der Waals surface area (Å²) >= 11 is 0. The summed E-state index contributed by atoms with van der Waals surface area (Å²) < 4.78 is 11.8. The lowest BCUT2D eigenvalue weighted by atomic mass is 9.68. The second-order valence-corrected chi connectivity index (χ2v) is 4.69. The van der Waals surface area contributed by atoms with Crippen molar-refractivity contribution in [1.29, 1.82) is 0 Å². The first-order valence-corrected chi connectivity index (χ1v) is 6.11. The Balaban J connectivity index is 2.37. The zero-order valence-electron chi connectivity index (χ0n) is 10.3. The van der Waals surface area contributed by atoms with Crippen LogP contribution in [0.3, 0.4) is 0 Å². The third-order valence-electron chi connectivity index (χ3n) is 3.72. The third kappa shape index (κ3) is 1.59. The molecule has 2 rings (SSSR count). The van der Waals surface area contributed by atoms with Crippen LogP contribution in [0.25, 0.3) is 0 Å². The van der Waals surface area contributed by atoms with Crippen LogP contribution in [0.4, 0.5) is 0 Å². The van der Waals surface area contributed by atoms with Gasteiger partial charge >= 0.3 is 0 Å². The van der Waals surface area contributed by atoms with Gasteiger partial charge < -0.3 is 9.47 Å². The smallest absolute Gasteiger partial charge is 0.188 e. The van der Waals surface area contributed by atoms with Crippen molar-refractivity contribution in [2.45, 2.75) is 45.3 Å². The van der Waals surface area contributed by atoms with Gasteiger partial charge in [0.25, 0.3) is 0 Å². The first kappa shape index (κ1) is 11.7. The summed E-state index contributed by atoms with van der Waals surface area (Å²) in [4.78, 5) is 0. The van der Waals surface area contributed by atoms with E-state index in [0.29, 0.717) is 13.2 Å². The molecule has 1 heterocycles. The minimum Gasteiger partial charge on any atom is -0.346 e. The van der Waals surface area contributed by atoms with Gasteiger partial charge in [-0.25, -0.2) is 0 Å². The summed E-state index contributed by atoms with van der Waals surface area (Å²) in [6, 6.07) is 0. The van der Waals surface area contributed by atoms with E-state index in [-0.39, 0.29) is 5.41 Å². The minimum atomic E-state index is -0.523. The Hall–Kier alpha value is -0.780. The zero-order chi connectivity index (χ0) is 11.6. The van der Waals surface area contributed by atoms with Crippen molar-refractivity contribution in [2.75, 3.05) is 13.2 Å². The molecule has 2 fully saturated rings. The molecule has 0 amide bonds. The normalized spacial score (nSPS) is 32.5. The van der Waals surface area contributed by atoms with Crippen LogP contribution in [-0.2, 0) is 9.47 Å². The third-order valence-corrected chi connectivity index (χ3v) is 3.72. The van der Waals surface area contributed by atoms with Gasteiger partial charge in [-0.05, 0) is 19.8 Å². The Kier molecular flexibility index (Phi) is 3.10. The van der Waals surface area contributed by atoms with E-state index in [1.165, 1.54) is 0 Å². The van der Waals surface area contributed by atoms with Crippen LogP contribution in [0.2, 0.25) is 0 Å². The Morgan fingerprint density at radius 3 is 2.69 bits per heavy atom. The quantitative estimate of drug-likeness (QED) is 0.461.